The molecule has 0 aromatic carbocycles. The fraction of sp³-hybridized carbons (Fsp3) is 0.818. The van der Waals surface area contributed by atoms with Gasteiger partial charge in [0.05, 0.1) is 45.4 Å². The minimum Gasteiger partial charge on any atom is -0.379 e. The predicted molar refractivity (Wildman–Crippen MR) is 230 cm³/mol. The van der Waals surface area contributed by atoms with Gasteiger partial charge in [-0.1, -0.05) is 103 Å². The predicted octanol–water partition coefficient (Wildman–Crippen LogP) is 5.42. The number of ketones is 2. The Bertz CT molecular complexity index is 1200. The van der Waals surface area contributed by atoms with E-state index in [1.807, 2.05) is 0 Å². The Morgan fingerprint density at radius 3 is 1.83 bits per heavy atom. The second-order valence-corrected chi connectivity index (χ2v) is 15.5. The Labute approximate surface area is 354 Å². The molecule has 0 aliphatic carbocycles. The zero-order valence-electron chi connectivity index (χ0n) is 36.4. The maximum atomic E-state index is 12.5. The number of nitrogens with two attached hydrogens (primary N) is 2. The fourth-order valence-electron chi connectivity index (χ4n) is 6.52. The standard InChI is InChI=1S/C44H80N6O9/c1-2-3-4-5-6-7-8-9-10-11-12-13-14-15-16-22-42(53)49-24-26-57-28-29-58-34-39(51)21-19-25-56-27-30-59-35-43(54)48-23-18-17-20-37(44(46)55)31-41(52)40(45)32-38-33-47-36-50-38/h33,36-37,40H,2-32,34-35,45H2,1H3,(H2,46,55)(H,47,50)(H,48,54)(H,49,53)/t37-,40+/m1/s1. The maximum absolute atomic E-state index is 12.5. The third kappa shape index (κ3) is 34.2. The molecule has 59 heavy (non-hydrogen) atoms. The summed E-state index contributed by atoms with van der Waals surface area (Å²) in [5, 5.41) is 5.66. The number of Topliss-reactive ketones (excluding diaryl/α,β-unsaturated/α-hetero) is 2. The van der Waals surface area contributed by atoms with E-state index in [-0.39, 0.29) is 49.6 Å². The highest BCUT2D eigenvalue weighted by Crippen LogP contribution is 2.16. The van der Waals surface area contributed by atoms with Gasteiger partial charge in [0, 0.05) is 63.2 Å². The number of H-pyrrole nitrogens is 1. The summed E-state index contributed by atoms with van der Waals surface area (Å²) in [5.41, 5.74) is 12.2. The van der Waals surface area contributed by atoms with Crippen LogP contribution in [-0.2, 0) is 49.3 Å². The summed E-state index contributed by atoms with van der Waals surface area (Å²) < 4.78 is 21.7. The van der Waals surface area contributed by atoms with Crippen LogP contribution in [0.2, 0.25) is 0 Å². The number of nitrogens with one attached hydrogen (secondary N) is 3. The quantitative estimate of drug-likeness (QED) is 0.0522. The highest BCUT2D eigenvalue weighted by Gasteiger charge is 2.23. The molecule has 0 aliphatic rings. The molecule has 0 unspecified atom stereocenters. The first-order valence-electron chi connectivity index (χ1n) is 22.6. The summed E-state index contributed by atoms with van der Waals surface area (Å²) in [4.78, 5) is 67.2. The van der Waals surface area contributed by atoms with E-state index in [2.05, 4.69) is 27.5 Å². The van der Waals surface area contributed by atoms with Crippen molar-refractivity contribution in [1.82, 2.24) is 20.6 Å². The van der Waals surface area contributed by atoms with Crippen molar-refractivity contribution in [1.29, 1.82) is 0 Å². The summed E-state index contributed by atoms with van der Waals surface area (Å²) in [6.45, 7) is 5.05. The molecule has 0 aliphatic heterocycles. The molecule has 1 heterocycles. The highest BCUT2D eigenvalue weighted by atomic mass is 16.5. The Morgan fingerprint density at radius 1 is 0.644 bits per heavy atom. The van der Waals surface area contributed by atoms with E-state index in [0.29, 0.717) is 91.1 Å². The third-order valence-electron chi connectivity index (χ3n) is 10.1. The van der Waals surface area contributed by atoms with Crippen LogP contribution >= 0.6 is 0 Å². The van der Waals surface area contributed by atoms with Crippen molar-refractivity contribution < 1.29 is 42.9 Å². The molecule has 0 spiro atoms. The second kappa shape index (κ2) is 38.9. The van der Waals surface area contributed by atoms with Crippen LogP contribution in [0.25, 0.3) is 0 Å². The molecule has 0 saturated carbocycles. The smallest absolute Gasteiger partial charge is 0.245 e. The van der Waals surface area contributed by atoms with Crippen LogP contribution in [0.15, 0.2) is 12.5 Å². The average molecular weight is 837 g/mol. The first-order valence-corrected chi connectivity index (χ1v) is 22.6. The summed E-state index contributed by atoms with van der Waals surface area (Å²) in [7, 11) is 0. The number of hydrogen-bond donors (Lipinski definition) is 5. The van der Waals surface area contributed by atoms with E-state index in [9.17, 15) is 24.0 Å². The number of imidazole rings is 1. The molecule has 0 bridgehead atoms. The van der Waals surface area contributed by atoms with Crippen molar-refractivity contribution in [2.45, 2.75) is 161 Å². The first-order chi connectivity index (χ1) is 28.7. The lowest BCUT2D eigenvalue weighted by Crippen LogP contribution is -2.36. The normalized spacial score (nSPS) is 12.3. The van der Waals surface area contributed by atoms with Crippen molar-refractivity contribution >= 4 is 29.3 Å². The van der Waals surface area contributed by atoms with Crippen LogP contribution in [-0.4, -0.2) is 111 Å². The molecule has 3 amide bonds. The van der Waals surface area contributed by atoms with Crippen LogP contribution in [0.4, 0.5) is 0 Å². The second-order valence-electron chi connectivity index (χ2n) is 15.5. The molecule has 1 aromatic rings. The number of unbranched alkanes of at least 4 members (excludes halogenated alkanes) is 15. The van der Waals surface area contributed by atoms with Crippen LogP contribution in [0.1, 0.15) is 154 Å². The summed E-state index contributed by atoms with van der Waals surface area (Å²) >= 11 is 0. The molecule has 7 N–H and O–H groups in total. The van der Waals surface area contributed by atoms with Gasteiger partial charge in [-0.3, -0.25) is 24.0 Å². The minimum atomic E-state index is -0.744. The number of amides is 3. The van der Waals surface area contributed by atoms with Gasteiger partial charge in [-0.2, -0.15) is 0 Å². The molecule has 0 radical (unpaired) electrons. The van der Waals surface area contributed by atoms with E-state index in [1.165, 1.54) is 89.8 Å². The zero-order chi connectivity index (χ0) is 43.0. The average Bonchev–Trinajstić information content (AvgIpc) is 3.73. The van der Waals surface area contributed by atoms with E-state index in [1.54, 1.807) is 6.20 Å². The number of hydrogen-bond acceptors (Lipinski definition) is 11. The van der Waals surface area contributed by atoms with Gasteiger partial charge in [0.25, 0.3) is 0 Å². The lowest BCUT2D eigenvalue weighted by atomic mass is 9.92. The topological polar surface area (TPSA) is 227 Å². The lowest BCUT2D eigenvalue weighted by molar-refractivity contribution is -0.128. The van der Waals surface area contributed by atoms with E-state index in [4.69, 9.17) is 30.4 Å². The van der Waals surface area contributed by atoms with E-state index >= 15 is 0 Å². The molecule has 0 fully saturated rings. The third-order valence-corrected chi connectivity index (χ3v) is 10.1. The Balaban J connectivity index is 1.83. The summed E-state index contributed by atoms with van der Waals surface area (Å²) in [6, 6.07) is -0.744. The van der Waals surface area contributed by atoms with Gasteiger partial charge >= 0.3 is 0 Å². The molecular formula is C44H80N6O9. The molecule has 0 saturated heterocycles. The van der Waals surface area contributed by atoms with E-state index in [0.717, 1.165) is 18.5 Å². The number of ether oxygens (including phenoxy) is 4. The van der Waals surface area contributed by atoms with Gasteiger partial charge in [-0.15, -0.1) is 0 Å². The highest BCUT2D eigenvalue weighted by molar-refractivity contribution is 5.89. The van der Waals surface area contributed by atoms with Gasteiger partial charge in [-0.05, 0) is 25.7 Å². The van der Waals surface area contributed by atoms with Crippen LogP contribution in [0.5, 0.6) is 0 Å². The van der Waals surface area contributed by atoms with Crippen LogP contribution in [0.3, 0.4) is 0 Å². The molecule has 15 nitrogen and oxygen atoms in total. The molecule has 2 atom stereocenters. The SMILES string of the molecule is CCCCCCCCCCCCCCCCCC(=O)NCCOCCOCC(=O)CCCOCCOCC(=O)NCCCC[C@H](CC(=O)[C@@H](N)Cc1cnc[nH]1)C(N)=O. The van der Waals surface area contributed by atoms with Gasteiger partial charge in [0.2, 0.25) is 17.7 Å². The number of carbonyl (C=O) groups is 5. The van der Waals surface area contributed by atoms with Gasteiger partial charge in [0.15, 0.2) is 11.6 Å². The largest absolute Gasteiger partial charge is 0.379 e. The van der Waals surface area contributed by atoms with Crippen molar-refractivity contribution in [3.63, 3.8) is 0 Å². The van der Waals surface area contributed by atoms with Gasteiger partial charge in [0.1, 0.15) is 13.2 Å². The van der Waals surface area contributed by atoms with Crippen molar-refractivity contribution in [3.05, 3.63) is 18.2 Å². The Kier molecular flexibility index (Phi) is 35.5. The lowest BCUT2D eigenvalue weighted by Gasteiger charge is -2.15. The molecular weight excluding hydrogens is 757 g/mol. The van der Waals surface area contributed by atoms with Gasteiger partial charge < -0.3 is 46.0 Å². The Hall–Kier alpha value is -3.24. The number of rotatable bonds is 44. The number of aromatic nitrogens is 2. The molecule has 1 aromatic heterocycles. The molecule has 1 rings (SSSR count). The van der Waals surface area contributed by atoms with Crippen molar-refractivity contribution in [2.75, 3.05) is 65.9 Å². The first kappa shape index (κ1) is 53.8. The van der Waals surface area contributed by atoms with Crippen molar-refractivity contribution in [2.24, 2.45) is 17.4 Å². The summed E-state index contributed by atoms with van der Waals surface area (Å²) in [5.74, 6) is -1.59. The summed E-state index contributed by atoms with van der Waals surface area (Å²) in [6.07, 6.45) is 26.1. The van der Waals surface area contributed by atoms with Crippen LogP contribution in [0, 0.1) is 5.92 Å². The fourth-order valence-corrected chi connectivity index (χ4v) is 6.52. The van der Waals surface area contributed by atoms with Gasteiger partial charge in [-0.25, -0.2) is 4.98 Å². The van der Waals surface area contributed by atoms with Crippen molar-refractivity contribution in [3.8, 4) is 0 Å². The number of primary amides is 1. The maximum Gasteiger partial charge on any atom is 0.245 e. The Morgan fingerprint density at radius 2 is 1.22 bits per heavy atom. The molecule has 340 valence electrons. The van der Waals surface area contributed by atoms with Crippen LogP contribution < -0.4 is 22.1 Å². The number of nitrogens with zero attached hydrogens (tertiary/aromatic N) is 1. The number of carbonyl (C=O) groups excluding carboxylic acids is 5. The van der Waals surface area contributed by atoms with E-state index < -0.39 is 17.9 Å². The molecule has 15 heteroatoms. The monoisotopic (exact) mass is 837 g/mol. The minimum absolute atomic E-state index is 0.0161. The number of aromatic amines is 1. The zero-order valence-corrected chi connectivity index (χ0v) is 36.4.